The van der Waals surface area contributed by atoms with Gasteiger partial charge in [0.25, 0.3) is 11.6 Å². The summed E-state index contributed by atoms with van der Waals surface area (Å²) in [5.74, 6) is 0.782. The summed E-state index contributed by atoms with van der Waals surface area (Å²) in [5, 5.41) is 18.5. The number of benzene rings is 1. The van der Waals surface area contributed by atoms with Gasteiger partial charge in [0, 0.05) is 6.07 Å². The van der Waals surface area contributed by atoms with E-state index in [0.717, 1.165) is 31.4 Å². The average Bonchev–Trinajstić information content (AvgIpc) is 2.97. The van der Waals surface area contributed by atoms with Crippen molar-refractivity contribution in [1.29, 1.82) is 0 Å². The summed E-state index contributed by atoms with van der Waals surface area (Å²) in [6, 6.07) is 4.96. The summed E-state index contributed by atoms with van der Waals surface area (Å²) in [5.41, 5.74) is 1.13. The van der Waals surface area contributed by atoms with Gasteiger partial charge in [0.05, 0.1) is 11.0 Å². The Hall–Kier alpha value is -2.28. The maximum absolute atomic E-state index is 11.2. The summed E-state index contributed by atoms with van der Waals surface area (Å²) in [4.78, 5) is 15.1. The van der Waals surface area contributed by atoms with Gasteiger partial charge in [-0.2, -0.15) is 4.98 Å². The Bertz CT molecular complexity index is 662. The Morgan fingerprint density at radius 3 is 3.00 bits per heavy atom. The van der Waals surface area contributed by atoms with Gasteiger partial charge in [0.15, 0.2) is 5.82 Å². The number of nitro benzene ring substituents is 1. The van der Waals surface area contributed by atoms with Crippen LogP contribution in [0.1, 0.15) is 36.7 Å². The fraction of sp³-hybridized carbons (Fsp3) is 0.429. The van der Waals surface area contributed by atoms with Crippen molar-refractivity contribution >= 4 is 5.69 Å². The van der Waals surface area contributed by atoms with E-state index in [1.54, 1.807) is 19.1 Å². The quantitative estimate of drug-likeness (QED) is 0.689. The van der Waals surface area contributed by atoms with Crippen LogP contribution in [0.15, 0.2) is 22.7 Å². The topological polar surface area (TPSA) is 94.1 Å². The summed E-state index contributed by atoms with van der Waals surface area (Å²) in [6.07, 6.45) is 3.21. The molecule has 1 atom stereocenters. The Kier molecular flexibility index (Phi) is 3.66. The lowest BCUT2D eigenvalue weighted by Gasteiger charge is -2.19. The van der Waals surface area contributed by atoms with Crippen molar-refractivity contribution < 1.29 is 9.45 Å². The monoisotopic (exact) mass is 288 g/mol. The molecule has 110 valence electrons. The second-order valence-electron chi connectivity index (χ2n) is 5.19. The molecule has 2 heterocycles. The predicted molar refractivity (Wildman–Crippen MR) is 75.7 cm³/mol. The normalized spacial score (nSPS) is 18.6. The molecule has 0 amide bonds. The van der Waals surface area contributed by atoms with Gasteiger partial charge >= 0.3 is 0 Å². The fourth-order valence-electron chi connectivity index (χ4n) is 2.63. The first-order valence-corrected chi connectivity index (χ1v) is 6.98. The molecule has 1 aliphatic heterocycles. The van der Waals surface area contributed by atoms with E-state index < -0.39 is 4.92 Å². The number of nitro groups is 1. The number of hydrogen-bond acceptors (Lipinski definition) is 6. The zero-order valence-electron chi connectivity index (χ0n) is 11.7. The first-order valence-electron chi connectivity index (χ1n) is 6.98. The van der Waals surface area contributed by atoms with E-state index >= 15 is 0 Å². The van der Waals surface area contributed by atoms with E-state index in [0.29, 0.717) is 11.4 Å². The lowest BCUT2D eigenvalue weighted by molar-refractivity contribution is -0.384. The highest BCUT2D eigenvalue weighted by Crippen LogP contribution is 2.32. The van der Waals surface area contributed by atoms with E-state index in [-0.39, 0.29) is 17.6 Å². The molecule has 1 aromatic carbocycles. The molecular weight excluding hydrogens is 272 g/mol. The molecule has 2 aromatic rings. The zero-order valence-corrected chi connectivity index (χ0v) is 11.7. The molecule has 0 aliphatic carbocycles. The summed E-state index contributed by atoms with van der Waals surface area (Å²) < 4.78 is 5.27. The van der Waals surface area contributed by atoms with Crippen LogP contribution in [0.4, 0.5) is 5.69 Å². The van der Waals surface area contributed by atoms with Crippen LogP contribution in [-0.2, 0) is 0 Å². The molecule has 1 aliphatic rings. The van der Waals surface area contributed by atoms with E-state index in [2.05, 4.69) is 15.5 Å². The molecule has 0 bridgehead atoms. The molecule has 0 radical (unpaired) electrons. The van der Waals surface area contributed by atoms with E-state index in [4.69, 9.17) is 4.52 Å². The standard InChI is InChI=1S/C14H16N4O3/c1-9-5-4-7-11(18(19)20)12(9)14-16-13(17-21-14)10-6-2-3-8-15-10/h4-5,7,10,15H,2-3,6,8H2,1H3. The smallest absolute Gasteiger partial charge is 0.282 e. The molecule has 1 saturated heterocycles. The Labute approximate surface area is 121 Å². The van der Waals surface area contributed by atoms with E-state index in [1.165, 1.54) is 6.07 Å². The molecule has 3 rings (SSSR count). The summed E-state index contributed by atoms with van der Waals surface area (Å²) in [6.45, 7) is 2.73. The van der Waals surface area contributed by atoms with Gasteiger partial charge in [0.1, 0.15) is 5.56 Å². The van der Waals surface area contributed by atoms with Crippen molar-refractivity contribution in [1.82, 2.24) is 15.5 Å². The zero-order chi connectivity index (χ0) is 14.8. The molecule has 1 aromatic heterocycles. The van der Waals surface area contributed by atoms with Gasteiger partial charge in [-0.1, -0.05) is 23.7 Å². The summed E-state index contributed by atoms with van der Waals surface area (Å²) >= 11 is 0. The third-order valence-corrected chi connectivity index (χ3v) is 3.73. The number of nitrogens with one attached hydrogen (secondary N) is 1. The van der Waals surface area contributed by atoms with Gasteiger partial charge in [-0.05, 0) is 31.9 Å². The number of aryl methyl sites for hydroxylation is 1. The highest BCUT2D eigenvalue weighted by atomic mass is 16.6. The number of rotatable bonds is 3. The molecule has 0 spiro atoms. The fourth-order valence-corrected chi connectivity index (χ4v) is 2.63. The first-order chi connectivity index (χ1) is 10.2. The number of nitrogens with zero attached hydrogens (tertiary/aromatic N) is 3. The van der Waals surface area contributed by atoms with Crippen LogP contribution in [0.2, 0.25) is 0 Å². The third-order valence-electron chi connectivity index (χ3n) is 3.73. The van der Waals surface area contributed by atoms with Gasteiger partial charge < -0.3 is 9.84 Å². The minimum Gasteiger partial charge on any atom is -0.334 e. The SMILES string of the molecule is Cc1cccc([N+](=O)[O-])c1-c1nc(C2CCCCN2)no1. The summed E-state index contributed by atoms with van der Waals surface area (Å²) in [7, 11) is 0. The van der Waals surface area contributed by atoms with Crippen LogP contribution >= 0.6 is 0 Å². The van der Waals surface area contributed by atoms with Crippen LogP contribution < -0.4 is 5.32 Å². The van der Waals surface area contributed by atoms with E-state index in [9.17, 15) is 10.1 Å². The van der Waals surface area contributed by atoms with Crippen molar-refractivity contribution in [3.63, 3.8) is 0 Å². The number of hydrogen-bond donors (Lipinski definition) is 1. The molecule has 21 heavy (non-hydrogen) atoms. The number of piperidine rings is 1. The van der Waals surface area contributed by atoms with Crippen LogP contribution in [0.5, 0.6) is 0 Å². The van der Waals surface area contributed by atoms with Crippen molar-refractivity contribution in [3.8, 4) is 11.5 Å². The average molecular weight is 288 g/mol. The van der Waals surface area contributed by atoms with Crippen LogP contribution in [0, 0.1) is 17.0 Å². The van der Waals surface area contributed by atoms with Crippen LogP contribution in [0.25, 0.3) is 11.5 Å². The second-order valence-corrected chi connectivity index (χ2v) is 5.19. The lowest BCUT2D eigenvalue weighted by Crippen LogP contribution is -2.27. The second kappa shape index (κ2) is 5.61. The van der Waals surface area contributed by atoms with Crippen molar-refractivity contribution in [2.45, 2.75) is 32.2 Å². The van der Waals surface area contributed by atoms with E-state index in [1.807, 2.05) is 0 Å². The molecule has 7 heteroatoms. The van der Waals surface area contributed by atoms with Crippen molar-refractivity contribution in [2.75, 3.05) is 6.54 Å². The maximum Gasteiger partial charge on any atom is 0.282 e. The van der Waals surface area contributed by atoms with Gasteiger partial charge in [-0.15, -0.1) is 0 Å². The third kappa shape index (κ3) is 2.64. The van der Waals surface area contributed by atoms with Gasteiger partial charge in [0.2, 0.25) is 0 Å². The van der Waals surface area contributed by atoms with Gasteiger partial charge in [-0.25, -0.2) is 0 Å². The highest BCUT2D eigenvalue weighted by Gasteiger charge is 2.25. The molecule has 1 fully saturated rings. The van der Waals surface area contributed by atoms with Crippen LogP contribution in [-0.4, -0.2) is 21.6 Å². The molecule has 7 nitrogen and oxygen atoms in total. The van der Waals surface area contributed by atoms with Crippen molar-refractivity contribution in [2.24, 2.45) is 0 Å². The predicted octanol–water partition coefficient (Wildman–Crippen LogP) is 2.77. The molecule has 0 saturated carbocycles. The Morgan fingerprint density at radius 2 is 2.29 bits per heavy atom. The van der Waals surface area contributed by atoms with Crippen LogP contribution in [0.3, 0.4) is 0 Å². The highest BCUT2D eigenvalue weighted by molar-refractivity contribution is 5.70. The Balaban J connectivity index is 1.98. The van der Waals surface area contributed by atoms with Gasteiger partial charge in [-0.3, -0.25) is 10.1 Å². The molecular formula is C14H16N4O3. The molecule has 1 N–H and O–H groups in total. The number of aromatic nitrogens is 2. The largest absolute Gasteiger partial charge is 0.334 e. The minimum atomic E-state index is -0.426. The lowest BCUT2D eigenvalue weighted by atomic mass is 10.0. The Morgan fingerprint density at radius 1 is 1.43 bits per heavy atom. The molecule has 1 unspecified atom stereocenters. The maximum atomic E-state index is 11.2. The van der Waals surface area contributed by atoms with Crippen molar-refractivity contribution in [3.05, 3.63) is 39.7 Å². The first kappa shape index (κ1) is 13.7. The minimum absolute atomic E-state index is 0.0122.